The Bertz CT molecular complexity index is 1050. The van der Waals surface area contributed by atoms with Gasteiger partial charge in [0.05, 0.1) is 6.20 Å². The number of piperidine rings is 1. The van der Waals surface area contributed by atoms with Crippen LogP contribution >= 0.6 is 0 Å². The Balaban J connectivity index is 1.32. The fourth-order valence-corrected chi connectivity index (χ4v) is 4.99. The normalized spacial score (nSPS) is 18.3. The molecule has 1 aromatic carbocycles. The second kappa shape index (κ2) is 10.3. The second-order valence-corrected chi connectivity index (χ2v) is 9.21. The van der Waals surface area contributed by atoms with Gasteiger partial charge in [-0.15, -0.1) is 0 Å². The zero-order valence-electron chi connectivity index (χ0n) is 19.0. The van der Waals surface area contributed by atoms with Crippen LogP contribution in [-0.2, 0) is 6.54 Å². The summed E-state index contributed by atoms with van der Waals surface area (Å²) >= 11 is 0. The summed E-state index contributed by atoms with van der Waals surface area (Å²) in [5.41, 5.74) is 2.53. The molecule has 0 bridgehead atoms. The first-order valence-electron chi connectivity index (χ1n) is 12.1. The van der Waals surface area contributed by atoms with E-state index in [9.17, 15) is 4.39 Å². The average molecular weight is 447 g/mol. The van der Waals surface area contributed by atoms with Crippen LogP contribution in [0.4, 0.5) is 10.2 Å². The molecular weight excluding hydrogens is 415 g/mol. The van der Waals surface area contributed by atoms with Crippen LogP contribution in [0.5, 0.6) is 0 Å². The molecule has 0 spiro atoms. The molecule has 0 radical (unpaired) electrons. The maximum atomic E-state index is 14.1. The number of hydrogen-bond acceptors (Lipinski definition) is 6. The van der Waals surface area contributed by atoms with Crippen molar-refractivity contribution in [3.63, 3.8) is 0 Å². The van der Waals surface area contributed by atoms with E-state index in [1.165, 1.54) is 38.2 Å². The SMILES string of the molecule is Fc1ccccc1CN1CCC(c2cc(NC3CCCCC3)nc(-c3cnccn3)n2)CC1. The maximum absolute atomic E-state index is 14.1. The first-order valence-corrected chi connectivity index (χ1v) is 12.1. The molecule has 2 fully saturated rings. The monoisotopic (exact) mass is 446 g/mol. The zero-order chi connectivity index (χ0) is 22.5. The second-order valence-electron chi connectivity index (χ2n) is 9.21. The molecule has 33 heavy (non-hydrogen) atoms. The maximum Gasteiger partial charge on any atom is 0.182 e. The van der Waals surface area contributed by atoms with E-state index in [1.54, 1.807) is 24.7 Å². The first-order chi connectivity index (χ1) is 16.2. The standard InChI is InChI=1S/C26H31FN6/c27-22-9-5-4-6-20(22)18-33-14-10-19(11-15-33)23-16-25(30-21-7-2-1-3-8-21)32-26(31-23)24-17-28-12-13-29-24/h4-6,9,12-13,16-17,19,21H,1-3,7-8,10-11,14-15,18H2,(H,30,31,32). The number of nitrogens with one attached hydrogen (secondary N) is 1. The Kier molecular flexibility index (Phi) is 6.86. The lowest BCUT2D eigenvalue weighted by molar-refractivity contribution is 0.201. The van der Waals surface area contributed by atoms with Crippen molar-refractivity contribution in [3.05, 3.63) is 66.0 Å². The van der Waals surface area contributed by atoms with Crippen LogP contribution in [0.15, 0.2) is 48.9 Å². The number of benzene rings is 1. The van der Waals surface area contributed by atoms with E-state index >= 15 is 0 Å². The van der Waals surface area contributed by atoms with Gasteiger partial charge in [-0.05, 0) is 44.8 Å². The number of anilines is 1. The minimum atomic E-state index is -0.123. The van der Waals surface area contributed by atoms with Crippen LogP contribution in [0, 0.1) is 5.82 Å². The average Bonchev–Trinajstić information content (AvgIpc) is 2.87. The van der Waals surface area contributed by atoms with Gasteiger partial charge in [0.25, 0.3) is 0 Å². The van der Waals surface area contributed by atoms with Crippen LogP contribution in [0.25, 0.3) is 11.5 Å². The van der Waals surface area contributed by atoms with Crippen molar-refractivity contribution < 1.29 is 4.39 Å². The lowest BCUT2D eigenvalue weighted by Crippen LogP contribution is -2.33. The third kappa shape index (κ3) is 5.53. The quantitative estimate of drug-likeness (QED) is 0.562. The van der Waals surface area contributed by atoms with Crippen molar-refractivity contribution in [2.45, 2.75) is 63.5 Å². The van der Waals surface area contributed by atoms with E-state index in [0.717, 1.165) is 43.0 Å². The minimum absolute atomic E-state index is 0.123. The molecule has 1 saturated heterocycles. The highest BCUT2D eigenvalue weighted by Gasteiger charge is 2.24. The molecule has 0 unspecified atom stereocenters. The summed E-state index contributed by atoms with van der Waals surface area (Å²) in [5, 5.41) is 3.67. The molecule has 7 heteroatoms. The molecule has 172 valence electrons. The van der Waals surface area contributed by atoms with E-state index in [-0.39, 0.29) is 5.82 Å². The molecule has 6 nitrogen and oxygen atoms in total. The van der Waals surface area contributed by atoms with Crippen LogP contribution in [0.1, 0.15) is 62.1 Å². The molecule has 3 aromatic rings. The van der Waals surface area contributed by atoms with E-state index < -0.39 is 0 Å². The van der Waals surface area contributed by atoms with E-state index in [2.05, 4.69) is 26.3 Å². The third-order valence-electron chi connectivity index (χ3n) is 6.85. The van der Waals surface area contributed by atoms with Gasteiger partial charge in [-0.25, -0.2) is 19.3 Å². The smallest absolute Gasteiger partial charge is 0.182 e. The topological polar surface area (TPSA) is 66.8 Å². The third-order valence-corrected chi connectivity index (χ3v) is 6.85. The minimum Gasteiger partial charge on any atom is -0.367 e. The number of rotatable bonds is 6. The van der Waals surface area contributed by atoms with Crippen LogP contribution in [0.2, 0.25) is 0 Å². The van der Waals surface area contributed by atoms with Crippen LogP contribution in [-0.4, -0.2) is 44.0 Å². The first kappa shape index (κ1) is 21.9. The molecule has 0 atom stereocenters. The van der Waals surface area contributed by atoms with Crippen LogP contribution in [0.3, 0.4) is 0 Å². The van der Waals surface area contributed by atoms with Crippen molar-refractivity contribution in [2.75, 3.05) is 18.4 Å². The van der Waals surface area contributed by atoms with Crippen molar-refractivity contribution >= 4 is 5.82 Å². The van der Waals surface area contributed by atoms with Crippen LogP contribution < -0.4 is 5.32 Å². The van der Waals surface area contributed by atoms with Crippen molar-refractivity contribution in [2.24, 2.45) is 0 Å². The summed E-state index contributed by atoms with van der Waals surface area (Å²) < 4.78 is 14.1. The van der Waals surface area contributed by atoms with Gasteiger partial charge >= 0.3 is 0 Å². The van der Waals surface area contributed by atoms with Gasteiger partial charge < -0.3 is 5.32 Å². The summed E-state index contributed by atoms with van der Waals surface area (Å²) in [5.74, 6) is 1.75. The van der Waals surface area contributed by atoms with Gasteiger partial charge in [0, 0.05) is 48.2 Å². The highest BCUT2D eigenvalue weighted by molar-refractivity contribution is 5.52. The largest absolute Gasteiger partial charge is 0.367 e. The van der Waals surface area contributed by atoms with Gasteiger partial charge in [-0.2, -0.15) is 0 Å². The number of nitrogens with zero attached hydrogens (tertiary/aromatic N) is 5. The Labute approximate surface area is 194 Å². The Hall–Kier alpha value is -2.93. The lowest BCUT2D eigenvalue weighted by Gasteiger charge is -2.32. The molecule has 5 rings (SSSR count). The molecule has 0 amide bonds. The lowest BCUT2D eigenvalue weighted by atomic mass is 9.92. The Morgan fingerprint density at radius 1 is 0.970 bits per heavy atom. The predicted octanol–water partition coefficient (Wildman–Crippen LogP) is 5.20. The van der Waals surface area contributed by atoms with E-state index in [0.29, 0.717) is 30.0 Å². The number of halogens is 1. The van der Waals surface area contributed by atoms with Gasteiger partial charge in [0.15, 0.2) is 5.82 Å². The number of aromatic nitrogens is 4. The Morgan fingerprint density at radius 2 is 1.79 bits per heavy atom. The molecule has 2 aromatic heterocycles. The van der Waals surface area contributed by atoms with Gasteiger partial charge in [-0.1, -0.05) is 37.5 Å². The summed E-state index contributed by atoms with van der Waals surface area (Å²) in [6, 6.07) is 9.67. The fourth-order valence-electron chi connectivity index (χ4n) is 4.99. The van der Waals surface area contributed by atoms with Gasteiger partial charge in [0.1, 0.15) is 17.3 Å². The molecule has 1 aliphatic heterocycles. The highest BCUT2D eigenvalue weighted by Crippen LogP contribution is 2.31. The predicted molar refractivity (Wildman–Crippen MR) is 127 cm³/mol. The molecule has 1 saturated carbocycles. The van der Waals surface area contributed by atoms with Gasteiger partial charge in [0.2, 0.25) is 0 Å². The summed E-state index contributed by atoms with van der Waals surface area (Å²) in [7, 11) is 0. The van der Waals surface area contributed by atoms with Crippen molar-refractivity contribution in [1.29, 1.82) is 0 Å². The molecule has 3 heterocycles. The summed E-state index contributed by atoms with van der Waals surface area (Å²) in [4.78, 5) is 20.7. The molecular formula is C26H31FN6. The van der Waals surface area contributed by atoms with Crippen molar-refractivity contribution in [1.82, 2.24) is 24.8 Å². The van der Waals surface area contributed by atoms with E-state index in [1.807, 2.05) is 12.1 Å². The summed E-state index contributed by atoms with van der Waals surface area (Å²) in [6.45, 7) is 2.51. The molecule has 1 aliphatic carbocycles. The number of hydrogen-bond donors (Lipinski definition) is 1. The zero-order valence-corrected chi connectivity index (χ0v) is 19.0. The fraction of sp³-hybridized carbons (Fsp3) is 0.462. The van der Waals surface area contributed by atoms with Gasteiger partial charge in [-0.3, -0.25) is 9.88 Å². The molecule has 1 N–H and O–H groups in total. The molecule has 2 aliphatic rings. The summed E-state index contributed by atoms with van der Waals surface area (Å²) in [6.07, 6.45) is 13.3. The number of likely N-dealkylation sites (tertiary alicyclic amines) is 1. The van der Waals surface area contributed by atoms with E-state index in [4.69, 9.17) is 9.97 Å². The highest BCUT2D eigenvalue weighted by atomic mass is 19.1. The van der Waals surface area contributed by atoms with Crippen molar-refractivity contribution in [3.8, 4) is 11.5 Å². The Morgan fingerprint density at radius 3 is 2.55 bits per heavy atom.